The van der Waals surface area contributed by atoms with Crippen LogP contribution in [0, 0.1) is 6.92 Å². The predicted octanol–water partition coefficient (Wildman–Crippen LogP) is 4.81. The highest BCUT2D eigenvalue weighted by atomic mass is 16.6. The number of carbonyl (C=O) groups is 2. The lowest BCUT2D eigenvalue weighted by Crippen LogP contribution is -2.35. The number of carbonyl (C=O) groups excluding carboxylic acids is 2. The number of benzene rings is 2. The number of rotatable bonds is 6. The van der Waals surface area contributed by atoms with Crippen LogP contribution in [0.4, 0.5) is 0 Å². The van der Waals surface area contributed by atoms with Crippen LogP contribution in [0.15, 0.2) is 48.5 Å². The Morgan fingerprint density at radius 2 is 1.27 bits per heavy atom. The number of hydrogen-bond acceptors (Lipinski definition) is 5. The van der Waals surface area contributed by atoms with Crippen molar-refractivity contribution in [2.24, 2.45) is 0 Å². The van der Waals surface area contributed by atoms with Crippen molar-refractivity contribution in [3.63, 3.8) is 0 Å². The maximum absolute atomic E-state index is 11.9. The van der Waals surface area contributed by atoms with Crippen molar-refractivity contribution in [2.75, 3.05) is 0 Å². The molecule has 2 aromatic rings. The summed E-state index contributed by atoms with van der Waals surface area (Å²) < 4.78 is 16.0. The van der Waals surface area contributed by atoms with Crippen LogP contribution in [0.3, 0.4) is 0 Å². The molecule has 0 bridgehead atoms. The summed E-state index contributed by atoms with van der Waals surface area (Å²) in [7, 11) is 0. The molecule has 0 heterocycles. The molecule has 0 fully saturated rings. The van der Waals surface area contributed by atoms with E-state index in [-0.39, 0.29) is 5.75 Å². The maximum atomic E-state index is 11.9. The molecule has 0 spiro atoms. The van der Waals surface area contributed by atoms with Gasteiger partial charge in [-0.3, -0.25) is 0 Å². The molecule has 0 atom stereocenters. The summed E-state index contributed by atoms with van der Waals surface area (Å²) in [5.41, 5.74) is 0.482. The third-order valence-electron chi connectivity index (χ3n) is 4.29. The molecule has 0 aliphatic rings. The van der Waals surface area contributed by atoms with Crippen molar-refractivity contribution in [3.8, 4) is 17.2 Å². The van der Waals surface area contributed by atoms with Gasteiger partial charge in [0.05, 0.1) is 0 Å². The van der Waals surface area contributed by atoms with E-state index in [4.69, 9.17) is 14.2 Å². The van der Waals surface area contributed by atoms with Crippen LogP contribution in [-0.4, -0.2) is 17.5 Å². The molecule has 5 heteroatoms. The van der Waals surface area contributed by atoms with E-state index in [0.29, 0.717) is 24.3 Å². The first-order chi connectivity index (χ1) is 12.3. The summed E-state index contributed by atoms with van der Waals surface area (Å²) in [6.07, 6.45) is 1.24. The molecule has 5 nitrogen and oxygen atoms in total. The van der Waals surface area contributed by atoms with Gasteiger partial charge in [0.25, 0.3) is 0 Å². The Morgan fingerprint density at radius 3 is 1.77 bits per heavy atom. The van der Waals surface area contributed by atoms with Crippen molar-refractivity contribution < 1.29 is 23.8 Å². The van der Waals surface area contributed by atoms with Gasteiger partial charge in [-0.1, -0.05) is 31.5 Å². The molecule has 0 unspecified atom stereocenters. The standard InChI is InChI=1S/C21H24O5/c1-5-21(4,6-2)26-20(23)19(22)25-18-13-11-17(12-14-18)24-16-9-7-15(3)8-10-16/h7-14H,5-6H2,1-4H3. The van der Waals surface area contributed by atoms with E-state index in [0.717, 1.165) is 5.56 Å². The van der Waals surface area contributed by atoms with Crippen LogP contribution < -0.4 is 9.47 Å². The lowest BCUT2D eigenvalue weighted by Gasteiger charge is -2.26. The molecule has 2 rings (SSSR count). The number of aryl methyl sites for hydroxylation is 1. The summed E-state index contributed by atoms with van der Waals surface area (Å²) in [6.45, 7) is 7.58. The van der Waals surface area contributed by atoms with Gasteiger partial charge in [0.2, 0.25) is 0 Å². The van der Waals surface area contributed by atoms with Gasteiger partial charge < -0.3 is 14.2 Å². The smallest absolute Gasteiger partial charge is 0.422 e. The van der Waals surface area contributed by atoms with Crippen LogP contribution in [0.2, 0.25) is 0 Å². The second-order valence-electron chi connectivity index (χ2n) is 6.32. The first kappa shape index (κ1) is 19.5. The highest BCUT2D eigenvalue weighted by Gasteiger charge is 2.29. The fourth-order valence-electron chi connectivity index (χ4n) is 2.13. The topological polar surface area (TPSA) is 61.8 Å². The highest BCUT2D eigenvalue weighted by molar-refractivity contribution is 6.30. The molecular weight excluding hydrogens is 332 g/mol. The average Bonchev–Trinajstić information content (AvgIpc) is 2.65. The van der Waals surface area contributed by atoms with Crippen LogP contribution in [-0.2, 0) is 14.3 Å². The Balaban J connectivity index is 1.94. The zero-order chi connectivity index (χ0) is 19.2. The van der Waals surface area contributed by atoms with Gasteiger partial charge in [0.1, 0.15) is 22.8 Å². The number of esters is 2. The van der Waals surface area contributed by atoms with Crippen LogP contribution >= 0.6 is 0 Å². The SMILES string of the molecule is CCC(C)(CC)OC(=O)C(=O)Oc1ccc(Oc2ccc(C)cc2)cc1. The van der Waals surface area contributed by atoms with Gasteiger partial charge in [-0.2, -0.15) is 0 Å². The normalized spacial score (nSPS) is 10.9. The summed E-state index contributed by atoms with van der Waals surface area (Å²) >= 11 is 0. The number of ether oxygens (including phenoxy) is 3. The zero-order valence-corrected chi connectivity index (χ0v) is 15.6. The lowest BCUT2D eigenvalue weighted by atomic mass is 10.0. The van der Waals surface area contributed by atoms with Crippen LogP contribution in [0.25, 0.3) is 0 Å². The first-order valence-electron chi connectivity index (χ1n) is 8.65. The van der Waals surface area contributed by atoms with E-state index in [1.807, 2.05) is 45.0 Å². The van der Waals surface area contributed by atoms with E-state index in [2.05, 4.69) is 0 Å². The van der Waals surface area contributed by atoms with Crippen LogP contribution in [0.1, 0.15) is 39.2 Å². The predicted molar refractivity (Wildman–Crippen MR) is 98.4 cm³/mol. The third-order valence-corrected chi connectivity index (χ3v) is 4.29. The first-order valence-corrected chi connectivity index (χ1v) is 8.65. The number of hydrogen-bond donors (Lipinski definition) is 0. The van der Waals surface area contributed by atoms with Crippen molar-refractivity contribution >= 4 is 11.9 Å². The van der Waals surface area contributed by atoms with Gasteiger partial charge in [-0.15, -0.1) is 0 Å². The average molecular weight is 356 g/mol. The molecule has 0 aliphatic carbocycles. The molecular formula is C21H24O5. The summed E-state index contributed by atoms with van der Waals surface area (Å²) in [4.78, 5) is 23.8. The van der Waals surface area contributed by atoms with E-state index in [1.54, 1.807) is 31.2 Å². The fourth-order valence-corrected chi connectivity index (χ4v) is 2.13. The van der Waals surface area contributed by atoms with Crippen molar-refractivity contribution in [1.82, 2.24) is 0 Å². The van der Waals surface area contributed by atoms with Gasteiger partial charge in [0, 0.05) is 0 Å². The molecule has 0 saturated carbocycles. The second-order valence-corrected chi connectivity index (χ2v) is 6.32. The lowest BCUT2D eigenvalue weighted by molar-refractivity contribution is -0.172. The molecule has 2 aromatic carbocycles. The van der Waals surface area contributed by atoms with E-state index in [1.165, 1.54) is 0 Å². The van der Waals surface area contributed by atoms with Crippen molar-refractivity contribution in [1.29, 1.82) is 0 Å². The van der Waals surface area contributed by atoms with Crippen LogP contribution in [0.5, 0.6) is 17.2 Å². The maximum Gasteiger partial charge on any atom is 0.422 e. The van der Waals surface area contributed by atoms with Crippen molar-refractivity contribution in [2.45, 2.75) is 46.1 Å². The Bertz CT molecular complexity index is 743. The zero-order valence-electron chi connectivity index (χ0n) is 15.6. The minimum atomic E-state index is -1.04. The largest absolute Gasteiger partial charge is 0.457 e. The Labute approximate surface area is 153 Å². The summed E-state index contributed by atoms with van der Waals surface area (Å²) in [6, 6.07) is 14.1. The van der Waals surface area contributed by atoms with E-state index < -0.39 is 17.5 Å². The second kappa shape index (κ2) is 8.52. The van der Waals surface area contributed by atoms with Gasteiger partial charge in [-0.05, 0) is 63.1 Å². The molecule has 0 saturated heterocycles. The van der Waals surface area contributed by atoms with Gasteiger partial charge >= 0.3 is 11.9 Å². The van der Waals surface area contributed by atoms with Crippen molar-refractivity contribution in [3.05, 3.63) is 54.1 Å². The molecule has 0 aromatic heterocycles. The molecule has 0 amide bonds. The monoisotopic (exact) mass is 356 g/mol. The minimum Gasteiger partial charge on any atom is -0.457 e. The fraction of sp³-hybridized carbons (Fsp3) is 0.333. The highest BCUT2D eigenvalue weighted by Crippen LogP contribution is 2.24. The van der Waals surface area contributed by atoms with Gasteiger partial charge in [-0.25, -0.2) is 9.59 Å². The molecule has 0 aliphatic heterocycles. The quantitative estimate of drug-likeness (QED) is 0.422. The van der Waals surface area contributed by atoms with E-state index in [9.17, 15) is 9.59 Å². The molecule has 0 N–H and O–H groups in total. The third kappa shape index (κ3) is 5.34. The Kier molecular flexibility index (Phi) is 6.39. The molecule has 0 radical (unpaired) electrons. The Hall–Kier alpha value is -2.82. The van der Waals surface area contributed by atoms with Gasteiger partial charge in [0.15, 0.2) is 0 Å². The summed E-state index contributed by atoms with van der Waals surface area (Å²) in [5.74, 6) is -0.470. The molecule has 26 heavy (non-hydrogen) atoms. The molecule has 138 valence electrons. The Morgan fingerprint density at radius 1 is 0.808 bits per heavy atom. The summed E-state index contributed by atoms with van der Waals surface area (Å²) in [5, 5.41) is 0. The van der Waals surface area contributed by atoms with E-state index >= 15 is 0 Å². The minimum absolute atomic E-state index is 0.248.